The Hall–Kier alpha value is -1.47. The summed E-state index contributed by atoms with van der Waals surface area (Å²) in [5, 5.41) is 0.875. The van der Waals surface area contributed by atoms with E-state index >= 15 is 0 Å². The molecule has 2 rings (SSSR count). The van der Waals surface area contributed by atoms with Crippen LogP contribution in [0.3, 0.4) is 0 Å². The Morgan fingerprint density at radius 2 is 1.94 bits per heavy atom. The first-order chi connectivity index (χ1) is 8.31. The number of para-hydroxylation sites is 1. The molecule has 0 saturated heterocycles. The van der Waals surface area contributed by atoms with Gasteiger partial charge in [-0.25, -0.2) is 0 Å². The van der Waals surface area contributed by atoms with Crippen LogP contribution < -0.4 is 4.90 Å². The van der Waals surface area contributed by atoms with Crippen molar-refractivity contribution in [3.63, 3.8) is 0 Å². The summed E-state index contributed by atoms with van der Waals surface area (Å²) in [6.07, 6.45) is 9.09. The molecule has 1 nitrogen and oxygen atoms in total. The van der Waals surface area contributed by atoms with E-state index in [4.69, 9.17) is 11.6 Å². The smallest absolute Gasteiger partial charge is 0.0410 e. The minimum Gasteiger partial charge on any atom is -0.342 e. The maximum atomic E-state index is 6.03. The molecule has 0 fully saturated rings. The van der Waals surface area contributed by atoms with Crippen LogP contribution in [0.5, 0.6) is 0 Å². The van der Waals surface area contributed by atoms with E-state index in [1.165, 1.54) is 11.4 Å². The lowest BCUT2D eigenvalue weighted by atomic mass is 10.2. The van der Waals surface area contributed by atoms with Crippen LogP contribution in [0, 0.1) is 0 Å². The molecule has 0 heterocycles. The lowest BCUT2D eigenvalue weighted by Gasteiger charge is -2.24. The van der Waals surface area contributed by atoms with Crippen molar-refractivity contribution >= 4 is 17.3 Å². The first kappa shape index (κ1) is 12.0. The number of hydrogen-bond donors (Lipinski definition) is 0. The number of anilines is 1. The van der Waals surface area contributed by atoms with Gasteiger partial charge < -0.3 is 4.90 Å². The van der Waals surface area contributed by atoms with Crippen LogP contribution in [0.15, 0.2) is 65.4 Å². The highest BCUT2D eigenvalue weighted by molar-refractivity contribution is 6.29. The maximum Gasteiger partial charge on any atom is 0.0410 e. The summed E-state index contributed by atoms with van der Waals surface area (Å²) in [4.78, 5) is 2.27. The summed E-state index contributed by atoms with van der Waals surface area (Å²) < 4.78 is 0. The molecule has 1 aliphatic carbocycles. The van der Waals surface area contributed by atoms with Crippen molar-refractivity contribution in [1.29, 1.82) is 0 Å². The highest BCUT2D eigenvalue weighted by atomic mass is 35.5. The summed E-state index contributed by atoms with van der Waals surface area (Å²) >= 11 is 6.03. The molecule has 0 atom stereocenters. The topological polar surface area (TPSA) is 3.24 Å². The average Bonchev–Trinajstić information content (AvgIpc) is 2.57. The standard InChI is InChI=1S/C15H16ClN/c1-2-17(14-8-4-3-5-9-14)15-10-6-7-13(16)11-12-15/h3-6,8-12H,2,7H2,1H3. The third kappa shape index (κ3) is 3.01. The molecule has 0 unspecified atom stereocenters. The first-order valence-corrected chi connectivity index (χ1v) is 6.24. The van der Waals surface area contributed by atoms with E-state index in [0.29, 0.717) is 0 Å². The van der Waals surface area contributed by atoms with Crippen molar-refractivity contribution in [2.75, 3.05) is 11.4 Å². The molecule has 1 aliphatic rings. The molecule has 0 bridgehead atoms. The summed E-state index contributed by atoms with van der Waals surface area (Å²) in [7, 11) is 0. The van der Waals surface area contributed by atoms with Gasteiger partial charge in [0, 0.05) is 29.4 Å². The molecule has 1 aromatic rings. The predicted octanol–water partition coefficient (Wildman–Crippen LogP) is 4.48. The molecule has 0 radical (unpaired) electrons. The van der Waals surface area contributed by atoms with Crippen molar-refractivity contribution in [3.05, 3.63) is 65.4 Å². The number of allylic oxidation sites excluding steroid dienone is 5. The van der Waals surface area contributed by atoms with E-state index in [2.05, 4.69) is 54.3 Å². The third-order valence-corrected chi connectivity index (χ3v) is 3.01. The van der Waals surface area contributed by atoms with Crippen LogP contribution >= 0.6 is 11.6 Å². The number of nitrogens with zero attached hydrogens (tertiary/aromatic N) is 1. The zero-order valence-corrected chi connectivity index (χ0v) is 10.7. The van der Waals surface area contributed by atoms with Crippen molar-refractivity contribution in [2.24, 2.45) is 0 Å². The predicted molar refractivity (Wildman–Crippen MR) is 75.2 cm³/mol. The molecule has 0 amide bonds. The molecule has 0 aromatic heterocycles. The Morgan fingerprint density at radius 1 is 1.18 bits per heavy atom. The number of rotatable bonds is 3. The second-order valence-electron chi connectivity index (χ2n) is 3.89. The highest BCUT2D eigenvalue weighted by Gasteiger charge is 2.07. The van der Waals surface area contributed by atoms with Gasteiger partial charge in [-0.15, -0.1) is 0 Å². The van der Waals surface area contributed by atoms with Gasteiger partial charge in [0.25, 0.3) is 0 Å². The first-order valence-electron chi connectivity index (χ1n) is 5.86. The minimum atomic E-state index is 0.813. The van der Waals surface area contributed by atoms with E-state index in [0.717, 1.165) is 18.0 Å². The van der Waals surface area contributed by atoms with Gasteiger partial charge >= 0.3 is 0 Å². The van der Waals surface area contributed by atoms with Crippen LogP contribution in [-0.4, -0.2) is 6.54 Å². The van der Waals surface area contributed by atoms with Crippen LogP contribution in [0.25, 0.3) is 0 Å². The summed E-state index contributed by atoms with van der Waals surface area (Å²) in [6.45, 7) is 3.09. The molecule has 0 N–H and O–H groups in total. The zero-order valence-electron chi connectivity index (χ0n) is 9.94. The monoisotopic (exact) mass is 245 g/mol. The van der Waals surface area contributed by atoms with Crippen molar-refractivity contribution in [1.82, 2.24) is 0 Å². The van der Waals surface area contributed by atoms with Gasteiger partial charge in [-0.05, 0) is 37.3 Å². The number of benzene rings is 1. The second kappa shape index (κ2) is 5.74. The average molecular weight is 246 g/mol. The normalized spacial score (nSPS) is 14.9. The fraction of sp³-hybridized carbons (Fsp3) is 0.200. The van der Waals surface area contributed by atoms with E-state index in [-0.39, 0.29) is 0 Å². The Kier molecular flexibility index (Phi) is 4.05. The van der Waals surface area contributed by atoms with Gasteiger partial charge in [-0.3, -0.25) is 0 Å². The van der Waals surface area contributed by atoms with Crippen LogP contribution in [0.1, 0.15) is 13.3 Å². The molecule has 0 saturated carbocycles. The van der Waals surface area contributed by atoms with E-state index < -0.39 is 0 Å². The molecule has 2 heteroatoms. The van der Waals surface area contributed by atoms with E-state index in [9.17, 15) is 0 Å². The Balaban J connectivity index is 2.31. The van der Waals surface area contributed by atoms with Crippen LogP contribution in [0.4, 0.5) is 5.69 Å². The van der Waals surface area contributed by atoms with Gasteiger partial charge in [0.15, 0.2) is 0 Å². The minimum absolute atomic E-state index is 0.813. The number of hydrogen-bond acceptors (Lipinski definition) is 1. The van der Waals surface area contributed by atoms with Crippen molar-refractivity contribution in [3.8, 4) is 0 Å². The molecular formula is C15H16ClN. The number of halogens is 1. The van der Waals surface area contributed by atoms with Gasteiger partial charge in [0.1, 0.15) is 0 Å². The fourth-order valence-electron chi connectivity index (χ4n) is 1.89. The fourth-order valence-corrected chi connectivity index (χ4v) is 2.05. The quantitative estimate of drug-likeness (QED) is 0.759. The molecule has 0 aliphatic heterocycles. The molecular weight excluding hydrogens is 230 g/mol. The molecule has 17 heavy (non-hydrogen) atoms. The Bertz CT molecular complexity index is 457. The van der Waals surface area contributed by atoms with Gasteiger partial charge in [0.2, 0.25) is 0 Å². The van der Waals surface area contributed by atoms with Gasteiger partial charge in [-0.1, -0.05) is 35.9 Å². The van der Waals surface area contributed by atoms with Gasteiger partial charge in [-0.2, -0.15) is 0 Å². The Morgan fingerprint density at radius 3 is 2.65 bits per heavy atom. The van der Waals surface area contributed by atoms with Crippen molar-refractivity contribution < 1.29 is 0 Å². The lowest BCUT2D eigenvalue weighted by molar-refractivity contribution is 0.978. The van der Waals surface area contributed by atoms with Crippen LogP contribution in [-0.2, 0) is 0 Å². The SMILES string of the molecule is CCN(C1=CC=C(Cl)CC=C1)c1ccccc1. The summed E-state index contributed by atoms with van der Waals surface area (Å²) in [5.41, 5.74) is 2.38. The lowest BCUT2D eigenvalue weighted by Crippen LogP contribution is -2.20. The summed E-state index contributed by atoms with van der Waals surface area (Å²) in [5.74, 6) is 0. The van der Waals surface area contributed by atoms with Gasteiger partial charge in [0.05, 0.1) is 0 Å². The zero-order chi connectivity index (χ0) is 12.1. The van der Waals surface area contributed by atoms with E-state index in [1.807, 2.05) is 12.1 Å². The maximum absolute atomic E-state index is 6.03. The Labute approximate surface area is 108 Å². The second-order valence-corrected chi connectivity index (χ2v) is 4.38. The molecule has 0 spiro atoms. The number of likely N-dealkylation sites (N-methyl/N-ethyl adjacent to an activating group) is 1. The molecule has 88 valence electrons. The van der Waals surface area contributed by atoms with E-state index in [1.54, 1.807) is 0 Å². The largest absolute Gasteiger partial charge is 0.342 e. The highest BCUT2D eigenvalue weighted by Crippen LogP contribution is 2.22. The summed E-state index contributed by atoms with van der Waals surface area (Å²) in [6, 6.07) is 10.4. The van der Waals surface area contributed by atoms with Crippen molar-refractivity contribution in [2.45, 2.75) is 13.3 Å². The molecule has 1 aromatic carbocycles. The third-order valence-electron chi connectivity index (χ3n) is 2.73. The van der Waals surface area contributed by atoms with Crippen LogP contribution in [0.2, 0.25) is 0 Å².